The zero-order valence-electron chi connectivity index (χ0n) is 11.9. The van der Waals surface area contributed by atoms with E-state index in [-0.39, 0.29) is 11.9 Å². The van der Waals surface area contributed by atoms with Crippen molar-refractivity contribution in [3.05, 3.63) is 35.4 Å². The molecule has 1 atom stereocenters. The summed E-state index contributed by atoms with van der Waals surface area (Å²) < 4.78 is 4.68. The van der Waals surface area contributed by atoms with E-state index in [1.165, 1.54) is 12.7 Å². The van der Waals surface area contributed by atoms with Crippen LogP contribution in [-0.4, -0.2) is 25.5 Å². The molecule has 1 N–H and O–H groups in total. The molecule has 2 rings (SSSR count). The molecule has 1 amide bonds. The van der Waals surface area contributed by atoms with E-state index in [1.807, 2.05) is 12.1 Å². The summed E-state index contributed by atoms with van der Waals surface area (Å²) in [5, 5.41) is 2.91. The predicted molar refractivity (Wildman–Crippen MR) is 76.5 cm³/mol. The van der Waals surface area contributed by atoms with Crippen molar-refractivity contribution in [3.8, 4) is 0 Å². The smallest absolute Gasteiger partial charge is 0.337 e. The normalized spacial score (nSPS) is 19.1. The zero-order valence-corrected chi connectivity index (χ0v) is 11.9. The number of ether oxygens (including phenoxy) is 1. The summed E-state index contributed by atoms with van der Waals surface area (Å²) >= 11 is 0. The lowest BCUT2D eigenvalue weighted by Gasteiger charge is -2.12. The minimum atomic E-state index is -0.301. The SMILES string of the molecule is COC(=O)c1ccc(CCC2CCNC(=O)CC2)cc1. The van der Waals surface area contributed by atoms with Gasteiger partial charge in [0.25, 0.3) is 0 Å². The second kappa shape index (κ2) is 7.08. The van der Waals surface area contributed by atoms with Crippen LogP contribution < -0.4 is 5.32 Å². The summed E-state index contributed by atoms with van der Waals surface area (Å²) in [6, 6.07) is 7.57. The number of benzene rings is 1. The standard InChI is InChI=1S/C16H21NO3/c1-20-16(19)14-7-4-12(5-8-14)2-3-13-6-9-15(18)17-11-10-13/h4-5,7-8,13H,2-3,6,9-11H2,1H3,(H,17,18). The van der Waals surface area contributed by atoms with Gasteiger partial charge in [0.1, 0.15) is 0 Å². The monoisotopic (exact) mass is 275 g/mol. The first-order valence-corrected chi connectivity index (χ1v) is 7.13. The van der Waals surface area contributed by atoms with E-state index in [2.05, 4.69) is 10.1 Å². The van der Waals surface area contributed by atoms with Crippen LogP contribution >= 0.6 is 0 Å². The summed E-state index contributed by atoms with van der Waals surface area (Å²) in [7, 11) is 1.39. The van der Waals surface area contributed by atoms with Crippen LogP contribution in [0.3, 0.4) is 0 Å². The maximum atomic E-state index is 11.3. The fourth-order valence-electron chi connectivity index (χ4n) is 2.57. The highest BCUT2D eigenvalue weighted by atomic mass is 16.5. The highest BCUT2D eigenvalue weighted by Crippen LogP contribution is 2.20. The number of rotatable bonds is 4. The molecule has 1 heterocycles. The van der Waals surface area contributed by atoms with Crippen molar-refractivity contribution in [3.63, 3.8) is 0 Å². The summed E-state index contributed by atoms with van der Waals surface area (Å²) in [6.07, 6.45) is 4.76. The molecule has 0 bridgehead atoms. The minimum absolute atomic E-state index is 0.176. The molecule has 0 radical (unpaired) electrons. The van der Waals surface area contributed by atoms with Crippen LogP contribution in [0.25, 0.3) is 0 Å². The lowest BCUT2D eigenvalue weighted by Crippen LogP contribution is -2.21. The summed E-state index contributed by atoms with van der Waals surface area (Å²) in [6.45, 7) is 0.796. The van der Waals surface area contributed by atoms with Crippen molar-refractivity contribution in [1.29, 1.82) is 0 Å². The van der Waals surface area contributed by atoms with Gasteiger partial charge in [-0.15, -0.1) is 0 Å². The quantitative estimate of drug-likeness (QED) is 0.858. The van der Waals surface area contributed by atoms with E-state index >= 15 is 0 Å². The van der Waals surface area contributed by atoms with Crippen LogP contribution in [0.15, 0.2) is 24.3 Å². The predicted octanol–water partition coefficient (Wildman–Crippen LogP) is 2.32. The maximum absolute atomic E-state index is 11.3. The van der Waals surface area contributed by atoms with Gasteiger partial charge in [-0.05, 0) is 49.3 Å². The Hall–Kier alpha value is -1.84. The topological polar surface area (TPSA) is 55.4 Å². The van der Waals surface area contributed by atoms with Crippen LogP contribution in [0.1, 0.15) is 41.6 Å². The van der Waals surface area contributed by atoms with Crippen molar-refractivity contribution in [2.75, 3.05) is 13.7 Å². The number of esters is 1. The van der Waals surface area contributed by atoms with Crippen LogP contribution in [0.5, 0.6) is 0 Å². The Balaban J connectivity index is 1.84. The lowest BCUT2D eigenvalue weighted by molar-refractivity contribution is -0.120. The molecule has 1 aromatic carbocycles. The van der Waals surface area contributed by atoms with Gasteiger partial charge in [0.15, 0.2) is 0 Å². The van der Waals surface area contributed by atoms with E-state index in [0.717, 1.165) is 32.2 Å². The molecule has 1 aliphatic heterocycles. The minimum Gasteiger partial charge on any atom is -0.465 e. The molecule has 4 nitrogen and oxygen atoms in total. The molecule has 4 heteroatoms. The Labute approximate surface area is 119 Å². The molecule has 1 saturated heterocycles. The van der Waals surface area contributed by atoms with Crippen LogP contribution in [0, 0.1) is 5.92 Å². The van der Waals surface area contributed by atoms with E-state index in [0.29, 0.717) is 17.9 Å². The highest BCUT2D eigenvalue weighted by molar-refractivity contribution is 5.89. The molecule has 1 aliphatic rings. The largest absolute Gasteiger partial charge is 0.465 e. The van der Waals surface area contributed by atoms with E-state index in [4.69, 9.17) is 0 Å². The van der Waals surface area contributed by atoms with Crippen LogP contribution in [0.4, 0.5) is 0 Å². The fourth-order valence-corrected chi connectivity index (χ4v) is 2.57. The number of nitrogens with one attached hydrogen (secondary N) is 1. The molecule has 0 spiro atoms. The fraction of sp³-hybridized carbons (Fsp3) is 0.500. The molecule has 1 aromatic rings. The number of amides is 1. The number of hydrogen-bond donors (Lipinski definition) is 1. The summed E-state index contributed by atoms with van der Waals surface area (Å²) in [5.41, 5.74) is 1.81. The zero-order chi connectivity index (χ0) is 14.4. The first-order chi connectivity index (χ1) is 9.69. The van der Waals surface area contributed by atoms with Gasteiger partial charge < -0.3 is 10.1 Å². The van der Waals surface area contributed by atoms with Crippen molar-refractivity contribution < 1.29 is 14.3 Å². The Morgan fingerprint density at radius 1 is 1.30 bits per heavy atom. The first kappa shape index (κ1) is 14.6. The van der Waals surface area contributed by atoms with Gasteiger partial charge in [-0.1, -0.05) is 12.1 Å². The van der Waals surface area contributed by atoms with Gasteiger partial charge in [0.05, 0.1) is 12.7 Å². The summed E-state index contributed by atoms with van der Waals surface area (Å²) in [4.78, 5) is 22.6. The second-order valence-corrected chi connectivity index (χ2v) is 5.27. The molecule has 1 unspecified atom stereocenters. The van der Waals surface area contributed by atoms with Gasteiger partial charge in [0, 0.05) is 13.0 Å². The Morgan fingerprint density at radius 2 is 2.05 bits per heavy atom. The van der Waals surface area contributed by atoms with Crippen molar-refractivity contribution in [1.82, 2.24) is 5.32 Å². The Kier molecular flexibility index (Phi) is 5.16. The van der Waals surface area contributed by atoms with E-state index in [9.17, 15) is 9.59 Å². The molecule has 1 fully saturated rings. The highest BCUT2D eigenvalue weighted by Gasteiger charge is 2.15. The number of aryl methyl sites for hydroxylation is 1. The Morgan fingerprint density at radius 3 is 2.75 bits per heavy atom. The molecular weight excluding hydrogens is 254 g/mol. The third-order valence-electron chi connectivity index (χ3n) is 3.87. The molecule has 0 saturated carbocycles. The average molecular weight is 275 g/mol. The van der Waals surface area contributed by atoms with Gasteiger partial charge in [-0.2, -0.15) is 0 Å². The molecule has 0 aliphatic carbocycles. The van der Waals surface area contributed by atoms with Gasteiger partial charge in [-0.25, -0.2) is 4.79 Å². The Bertz CT molecular complexity index is 467. The average Bonchev–Trinajstić information content (AvgIpc) is 2.69. The van der Waals surface area contributed by atoms with Crippen LogP contribution in [-0.2, 0) is 16.0 Å². The molecule has 108 valence electrons. The van der Waals surface area contributed by atoms with Crippen molar-refractivity contribution in [2.24, 2.45) is 5.92 Å². The van der Waals surface area contributed by atoms with Crippen molar-refractivity contribution >= 4 is 11.9 Å². The molecular formula is C16H21NO3. The number of carbonyl (C=O) groups excluding carboxylic acids is 2. The van der Waals surface area contributed by atoms with Crippen molar-refractivity contribution in [2.45, 2.75) is 32.1 Å². The molecule has 0 aromatic heterocycles. The molecule has 20 heavy (non-hydrogen) atoms. The third kappa shape index (κ3) is 4.08. The summed E-state index contributed by atoms with van der Waals surface area (Å²) in [5.74, 6) is 0.481. The van der Waals surface area contributed by atoms with Gasteiger partial charge >= 0.3 is 5.97 Å². The van der Waals surface area contributed by atoms with E-state index in [1.54, 1.807) is 12.1 Å². The lowest BCUT2D eigenvalue weighted by atomic mass is 9.93. The van der Waals surface area contributed by atoms with E-state index < -0.39 is 0 Å². The van der Waals surface area contributed by atoms with Gasteiger partial charge in [-0.3, -0.25) is 4.79 Å². The third-order valence-corrected chi connectivity index (χ3v) is 3.87. The van der Waals surface area contributed by atoms with Gasteiger partial charge in [0.2, 0.25) is 5.91 Å². The van der Waals surface area contributed by atoms with Crippen LogP contribution in [0.2, 0.25) is 0 Å². The first-order valence-electron chi connectivity index (χ1n) is 7.13. The number of methoxy groups -OCH3 is 1. The number of carbonyl (C=O) groups is 2. The number of hydrogen-bond acceptors (Lipinski definition) is 3. The second-order valence-electron chi connectivity index (χ2n) is 5.27. The maximum Gasteiger partial charge on any atom is 0.337 e.